The Bertz CT molecular complexity index is 576. The van der Waals surface area contributed by atoms with Gasteiger partial charge in [-0.15, -0.1) is 0 Å². The molecule has 2 nitrogen and oxygen atoms in total. The van der Waals surface area contributed by atoms with Crippen molar-refractivity contribution in [1.82, 2.24) is 4.57 Å². The summed E-state index contributed by atoms with van der Waals surface area (Å²) >= 11 is 5.92. The second kappa shape index (κ2) is 4.26. The lowest BCUT2D eigenvalue weighted by molar-refractivity contribution is 1.17. The minimum atomic E-state index is 0.613. The van der Waals surface area contributed by atoms with Crippen LogP contribution < -0.4 is 0 Å². The molecule has 0 saturated heterocycles. The van der Waals surface area contributed by atoms with Gasteiger partial charge in [0.05, 0.1) is 5.56 Å². The molecule has 0 radical (unpaired) electrons. The van der Waals surface area contributed by atoms with Gasteiger partial charge in [-0.25, -0.2) is 0 Å². The third kappa shape index (κ3) is 1.86. The summed E-state index contributed by atoms with van der Waals surface area (Å²) in [4.78, 5) is 0. The Morgan fingerprint density at radius 2 is 2.19 bits per heavy atom. The summed E-state index contributed by atoms with van der Waals surface area (Å²) in [5.74, 6) is 0. The van der Waals surface area contributed by atoms with Crippen LogP contribution in [-0.2, 0) is 0 Å². The molecule has 1 aromatic carbocycles. The standard InChI is InChI=1S/C13H9ClN2/c1-2-16-8-11(7-15)13(9-16)10-4-3-5-12(14)6-10/h2-6,8-9H,1H2. The summed E-state index contributed by atoms with van der Waals surface area (Å²) < 4.78 is 1.76. The Morgan fingerprint density at radius 3 is 2.81 bits per heavy atom. The highest BCUT2D eigenvalue weighted by Gasteiger charge is 2.07. The molecular formula is C13H9ClN2. The van der Waals surface area contributed by atoms with Crippen LogP contribution in [0.15, 0.2) is 43.2 Å². The van der Waals surface area contributed by atoms with E-state index in [1.54, 1.807) is 17.0 Å². The maximum atomic E-state index is 9.03. The maximum Gasteiger partial charge on any atom is 0.101 e. The molecule has 0 amide bonds. The van der Waals surface area contributed by atoms with Gasteiger partial charge in [-0.1, -0.05) is 30.3 Å². The molecule has 0 fully saturated rings. The number of rotatable bonds is 2. The first-order valence-corrected chi connectivity index (χ1v) is 5.12. The topological polar surface area (TPSA) is 28.7 Å². The molecule has 1 aromatic heterocycles. The van der Waals surface area contributed by atoms with Crippen LogP contribution in [0.5, 0.6) is 0 Å². The fraction of sp³-hybridized carbons (Fsp3) is 0. The van der Waals surface area contributed by atoms with Gasteiger partial charge in [0.2, 0.25) is 0 Å². The number of halogens is 1. The normalized spacial score (nSPS) is 9.75. The Balaban J connectivity index is 2.59. The number of nitrogens with zero attached hydrogens (tertiary/aromatic N) is 2. The zero-order chi connectivity index (χ0) is 11.5. The Labute approximate surface area is 99.0 Å². The first kappa shape index (κ1) is 10.5. The lowest BCUT2D eigenvalue weighted by Crippen LogP contribution is -1.78. The van der Waals surface area contributed by atoms with Crippen molar-refractivity contribution in [3.05, 3.63) is 53.8 Å². The van der Waals surface area contributed by atoms with Crippen LogP contribution in [0.4, 0.5) is 0 Å². The first-order chi connectivity index (χ1) is 7.74. The van der Waals surface area contributed by atoms with Gasteiger partial charge in [0.15, 0.2) is 0 Å². The van der Waals surface area contributed by atoms with Gasteiger partial charge in [-0.3, -0.25) is 0 Å². The van der Waals surface area contributed by atoms with Crippen LogP contribution >= 0.6 is 11.6 Å². The summed E-state index contributed by atoms with van der Waals surface area (Å²) in [5, 5.41) is 9.69. The van der Waals surface area contributed by atoms with E-state index in [1.165, 1.54) is 0 Å². The largest absolute Gasteiger partial charge is 0.329 e. The molecule has 0 spiro atoms. The van der Waals surface area contributed by atoms with Crippen molar-refractivity contribution in [2.45, 2.75) is 0 Å². The minimum absolute atomic E-state index is 0.613. The zero-order valence-corrected chi connectivity index (χ0v) is 9.28. The molecule has 0 aliphatic heterocycles. The smallest absolute Gasteiger partial charge is 0.101 e. The SMILES string of the molecule is C=Cn1cc(C#N)c(-c2cccc(Cl)c2)c1. The molecule has 78 valence electrons. The second-order valence-corrected chi connectivity index (χ2v) is 3.77. The molecule has 0 atom stereocenters. The lowest BCUT2D eigenvalue weighted by atomic mass is 10.1. The van der Waals surface area contributed by atoms with Gasteiger partial charge < -0.3 is 4.57 Å². The monoisotopic (exact) mass is 228 g/mol. The highest BCUT2D eigenvalue weighted by atomic mass is 35.5. The van der Waals surface area contributed by atoms with E-state index >= 15 is 0 Å². The predicted molar refractivity (Wildman–Crippen MR) is 66.0 cm³/mol. The van der Waals surface area contributed by atoms with Crippen molar-refractivity contribution in [3.63, 3.8) is 0 Å². The van der Waals surface area contributed by atoms with Crippen molar-refractivity contribution >= 4 is 17.8 Å². The van der Waals surface area contributed by atoms with Crippen LogP contribution in [0.1, 0.15) is 5.56 Å². The van der Waals surface area contributed by atoms with E-state index in [0.29, 0.717) is 10.6 Å². The van der Waals surface area contributed by atoms with E-state index in [9.17, 15) is 0 Å². The van der Waals surface area contributed by atoms with E-state index in [4.69, 9.17) is 16.9 Å². The van der Waals surface area contributed by atoms with Crippen LogP contribution in [0.2, 0.25) is 5.02 Å². The van der Waals surface area contributed by atoms with E-state index in [0.717, 1.165) is 11.1 Å². The van der Waals surface area contributed by atoms with Crippen LogP contribution in [0.3, 0.4) is 0 Å². The van der Waals surface area contributed by atoms with Gasteiger partial charge in [0, 0.05) is 29.2 Å². The number of benzene rings is 1. The zero-order valence-electron chi connectivity index (χ0n) is 8.52. The maximum absolute atomic E-state index is 9.03. The summed E-state index contributed by atoms with van der Waals surface area (Å²) in [6.07, 6.45) is 5.25. The predicted octanol–water partition coefficient (Wildman–Crippen LogP) is 3.78. The quantitative estimate of drug-likeness (QED) is 0.769. The van der Waals surface area contributed by atoms with Crippen molar-refractivity contribution in [3.8, 4) is 17.2 Å². The first-order valence-electron chi connectivity index (χ1n) is 4.74. The van der Waals surface area contributed by atoms with Gasteiger partial charge in [0.25, 0.3) is 0 Å². The van der Waals surface area contributed by atoms with E-state index in [-0.39, 0.29) is 0 Å². The van der Waals surface area contributed by atoms with Crippen molar-refractivity contribution in [2.75, 3.05) is 0 Å². The summed E-state index contributed by atoms with van der Waals surface area (Å²) in [7, 11) is 0. The molecular weight excluding hydrogens is 220 g/mol. The van der Waals surface area contributed by atoms with E-state index in [2.05, 4.69) is 12.6 Å². The summed E-state index contributed by atoms with van der Waals surface area (Å²) in [6.45, 7) is 3.66. The van der Waals surface area contributed by atoms with Gasteiger partial charge >= 0.3 is 0 Å². The van der Waals surface area contributed by atoms with Crippen molar-refractivity contribution in [1.29, 1.82) is 5.26 Å². The number of hydrogen-bond acceptors (Lipinski definition) is 1. The molecule has 2 aromatic rings. The molecule has 0 aliphatic carbocycles. The van der Waals surface area contributed by atoms with Crippen LogP contribution in [0, 0.1) is 11.3 Å². The highest BCUT2D eigenvalue weighted by molar-refractivity contribution is 6.30. The number of aromatic nitrogens is 1. The molecule has 16 heavy (non-hydrogen) atoms. The van der Waals surface area contributed by atoms with Gasteiger partial charge in [0.1, 0.15) is 6.07 Å². The number of hydrogen-bond donors (Lipinski definition) is 0. The average molecular weight is 229 g/mol. The molecule has 0 unspecified atom stereocenters. The Hall–Kier alpha value is -1.98. The summed E-state index contributed by atoms with van der Waals surface area (Å²) in [5.41, 5.74) is 2.41. The molecule has 0 aliphatic rings. The lowest BCUT2D eigenvalue weighted by Gasteiger charge is -1.98. The molecule has 2 rings (SSSR count). The fourth-order valence-corrected chi connectivity index (χ4v) is 1.75. The summed E-state index contributed by atoms with van der Waals surface area (Å²) in [6, 6.07) is 9.59. The molecule has 0 bridgehead atoms. The van der Waals surface area contributed by atoms with E-state index < -0.39 is 0 Å². The highest BCUT2D eigenvalue weighted by Crippen LogP contribution is 2.26. The molecule has 0 N–H and O–H groups in total. The third-order valence-electron chi connectivity index (χ3n) is 2.31. The Kier molecular flexibility index (Phi) is 2.80. The fourth-order valence-electron chi connectivity index (χ4n) is 1.56. The van der Waals surface area contributed by atoms with Crippen LogP contribution in [0.25, 0.3) is 17.3 Å². The van der Waals surface area contributed by atoms with Gasteiger partial charge in [-0.05, 0) is 17.7 Å². The molecule has 3 heteroatoms. The van der Waals surface area contributed by atoms with Gasteiger partial charge in [-0.2, -0.15) is 5.26 Å². The van der Waals surface area contributed by atoms with E-state index in [1.807, 2.05) is 30.5 Å². The van der Waals surface area contributed by atoms with Crippen LogP contribution in [-0.4, -0.2) is 4.57 Å². The Morgan fingerprint density at radius 1 is 1.38 bits per heavy atom. The minimum Gasteiger partial charge on any atom is -0.329 e. The molecule has 0 saturated carbocycles. The molecule has 1 heterocycles. The van der Waals surface area contributed by atoms with Crippen molar-refractivity contribution in [2.24, 2.45) is 0 Å². The second-order valence-electron chi connectivity index (χ2n) is 3.34. The third-order valence-corrected chi connectivity index (χ3v) is 2.55. The number of nitriles is 1. The van der Waals surface area contributed by atoms with Crippen molar-refractivity contribution < 1.29 is 0 Å². The average Bonchev–Trinajstić information content (AvgIpc) is 2.72.